The molecule has 20 heavy (non-hydrogen) atoms. The Labute approximate surface area is 119 Å². The number of amides is 1. The van der Waals surface area contributed by atoms with E-state index in [-0.39, 0.29) is 5.91 Å². The van der Waals surface area contributed by atoms with Crippen LogP contribution in [0.5, 0.6) is 11.5 Å². The molecule has 0 bridgehead atoms. The molecular weight excluding hydrogens is 256 g/mol. The van der Waals surface area contributed by atoms with Gasteiger partial charge in [-0.2, -0.15) is 5.26 Å². The fourth-order valence-electron chi connectivity index (χ4n) is 1.62. The molecule has 1 aromatic carbocycles. The smallest absolute Gasteiger partial charge is 0.222 e. The van der Waals surface area contributed by atoms with Gasteiger partial charge >= 0.3 is 0 Å². The third-order valence-electron chi connectivity index (χ3n) is 2.85. The molecule has 0 radical (unpaired) electrons. The molecule has 0 aliphatic rings. The molecule has 5 heteroatoms. The predicted molar refractivity (Wildman–Crippen MR) is 75.6 cm³/mol. The Hall–Kier alpha value is -2.22. The van der Waals surface area contributed by atoms with Crippen molar-refractivity contribution in [3.05, 3.63) is 24.3 Å². The standard InChI is InChI=1S/C15H20N2O3/c1-17(11-4-10-16)15(18)5-3-12-20-14-8-6-13(19-2)7-9-14/h6-9H,3-5,11-12H2,1-2H3. The molecule has 0 heterocycles. The summed E-state index contributed by atoms with van der Waals surface area (Å²) in [7, 11) is 3.33. The van der Waals surface area contributed by atoms with Gasteiger partial charge in [-0.3, -0.25) is 4.79 Å². The molecule has 5 nitrogen and oxygen atoms in total. The van der Waals surface area contributed by atoms with Gasteiger partial charge in [-0.1, -0.05) is 0 Å². The maximum atomic E-state index is 11.7. The summed E-state index contributed by atoms with van der Waals surface area (Å²) in [5.41, 5.74) is 0. The highest BCUT2D eigenvalue weighted by atomic mass is 16.5. The molecule has 0 saturated carbocycles. The fourth-order valence-corrected chi connectivity index (χ4v) is 1.62. The van der Waals surface area contributed by atoms with E-state index in [1.165, 1.54) is 0 Å². The molecule has 108 valence electrons. The highest BCUT2D eigenvalue weighted by Gasteiger charge is 2.07. The van der Waals surface area contributed by atoms with Crippen molar-refractivity contribution in [2.24, 2.45) is 0 Å². The van der Waals surface area contributed by atoms with Gasteiger partial charge < -0.3 is 14.4 Å². The van der Waals surface area contributed by atoms with E-state index in [4.69, 9.17) is 14.7 Å². The lowest BCUT2D eigenvalue weighted by Gasteiger charge is -2.15. The minimum absolute atomic E-state index is 0.0404. The second-order valence-electron chi connectivity index (χ2n) is 4.35. The van der Waals surface area contributed by atoms with Crippen LogP contribution in [0.25, 0.3) is 0 Å². The average molecular weight is 276 g/mol. The highest BCUT2D eigenvalue weighted by Crippen LogP contribution is 2.17. The van der Waals surface area contributed by atoms with Gasteiger partial charge in [-0.25, -0.2) is 0 Å². The monoisotopic (exact) mass is 276 g/mol. The van der Waals surface area contributed by atoms with Crippen LogP contribution in [0.3, 0.4) is 0 Å². The first-order valence-electron chi connectivity index (χ1n) is 6.55. The van der Waals surface area contributed by atoms with Crippen molar-refractivity contribution >= 4 is 5.91 Å². The number of carbonyl (C=O) groups is 1. The van der Waals surface area contributed by atoms with E-state index in [0.717, 1.165) is 11.5 Å². The minimum Gasteiger partial charge on any atom is -0.497 e. The normalized spacial score (nSPS) is 9.65. The van der Waals surface area contributed by atoms with Gasteiger partial charge in [0, 0.05) is 20.0 Å². The Bertz CT molecular complexity index is 451. The van der Waals surface area contributed by atoms with Gasteiger partial charge in [-0.05, 0) is 30.7 Å². The van der Waals surface area contributed by atoms with Crippen LogP contribution in [0, 0.1) is 11.3 Å². The largest absolute Gasteiger partial charge is 0.497 e. The second kappa shape index (κ2) is 8.81. The van der Waals surface area contributed by atoms with E-state index in [0.29, 0.717) is 32.4 Å². The van der Waals surface area contributed by atoms with Crippen molar-refractivity contribution in [1.82, 2.24) is 4.90 Å². The molecule has 0 aliphatic heterocycles. The molecule has 0 saturated heterocycles. The van der Waals surface area contributed by atoms with Crippen LogP contribution >= 0.6 is 0 Å². The van der Waals surface area contributed by atoms with E-state index >= 15 is 0 Å². The van der Waals surface area contributed by atoms with Gasteiger partial charge in [0.05, 0.1) is 26.2 Å². The topological polar surface area (TPSA) is 62.6 Å². The third kappa shape index (κ3) is 5.61. The van der Waals surface area contributed by atoms with Crippen molar-refractivity contribution in [3.8, 4) is 17.6 Å². The number of hydrogen-bond acceptors (Lipinski definition) is 4. The van der Waals surface area contributed by atoms with Crippen molar-refractivity contribution in [3.63, 3.8) is 0 Å². The Morgan fingerprint density at radius 2 is 1.95 bits per heavy atom. The minimum atomic E-state index is 0.0404. The summed E-state index contributed by atoms with van der Waals surface area (Å²) in [6.45, 7) is 0.971. The zero-order valence-electron chi connectivity index (χ0n) is 12.0. The second-order valence-corrected chi connectivity index (χ2v) is 4.35. The van der Waals surface area contributed by atoms with Crippen molar-refractivity contribution in [2.75, 3.05) is 27.3 Å². The molecule has 1 rings (SSSR count). The summed E-state index contributed by atoms with van der Waals surface area (Å²) in [4.78, 5) is 13.3. The molecule has 0 spiro atoms. The van der Waals surface area contributed by atoms with Crippen LogP contribution < -0.4 is 9.47 Å². The fraction of sp³-hybridized carbons (Fsp3) is 0.467. The first-order valence-corrected chi connectivity index (χ1v) is 6.55. The molecular formula is C15H20N2O3. The zero-order valence-corrected chi connectivity index (χ0v) is 12.0. The van der Waals surface area contributed by atoms with E-state index in [2.05, 4.69) is 0 Å². The highest BCUT2D eigenvalue weighted by molar-refractivity contribution is 5.75. The first kappa shape index (κ1) is 15.8. The number of benzene rings is 1. The molecule has 0 aromatic heterocycles. The summed E-state index contributed by atoms with van der Waals surface area (Å²) in [5.74, 6) is 1.58. The maximum absolute atomic E-state index is 11.7. The Kier molecular flexibility index (Phi) is 6.97. The molecule has 1 aromatic rings. The van der Waals surface area contributed by atoms with Crippen molar-refractivity contribution < 1.29 is 14.3 Å². The molecule has 0 atom stereocenters. The number of hydrogen-bond donors (Lipinski definition) is 0. The van der Waals surface area contributed by atoms with Crippen LogP contribution in [0.15, 0.2) is 24.3 Å². The summed E-state index contributed by atoms with van der Waals surface area (Å²) in [6.07, 6.45) is 1.45. The summed E-state index contributed by atoms with van der Waals surface area (Å²) in [5, 5.41) is 8.46. The number of methoxy groups -OCH3 is 1. The van der Waals surface area contributed by atoms with Crippen LogP contribution in [-0.4, -0.2) is 38.1 Å². The Balaban J connectivity index is 2.20. The van der Waals surface area contributed by atoms with Gasteiger partial charge in [-0.15, -0.1) is 0 Å². The number of nitriles is 1. The quantitative estimate of drug-likeness (QED) is 0.683. The summed E-state index contributed by atoms with van der Waals surface area (Å²) in [6, 6.07) is 9.35. The maximum Gasteiger partial charge on any atom is 0.222 e. The van der Waals surface area contributed by atoms with E-state index in [1.54, 1.807) is 19.1 Å². The van der Waals surface area contributed by atoms with Gasteiger partial charge in [0.2, 0.25) is 5.91 Å². The van der Waals surface area contributed by atoms with E-state index in [9.17, 15) is 4.79 Å². The van der Waals surface area contributed by atoms with Crippen LogP contribution in [0.1, 0.15) is 19.3 Å². The Morgan fingerprint density at radius 3 is 2.55 bits per heavy atom. The van der Waals surface area contributed by atoms with Crippen LogP contribution in [-0.2, 0) is 4.79 Å². The average Bonchev–Trinajstić information content (AvgIpc) is 2.49. The molecule has 0 fully saturated rings. The van der Waals surface area contributed by atoms with Gasteiger partial charge in [0.1, 0.15) is 11.5 Å². The number of ether oxygens (including phenoxy) is 2. The molecule has 1 amide bonds. The number of rotatable bonds is 8. The van der Waals surface area contributed by atoms with Crippen LogP contribution in [0.2, 0.25) is 0 Å². The molecule has 0 unspecified atom stereocenters. The SMILES string of the molecule is COc1ccc(OCCCC(=O)N(C)CCC#N)cc1. The Morgan fingerprint density at radius 1 is 1.30 bits per heavy atom. The van der Waals surface area contributed by atoms with E-state index in [1.807, 2.05) is 30.3 Å². The zero-order chi connectivity index (χ0) is 14.8. The third-order valence-corrected chi connectivity index (χ3v) is 2.85. The van der Waals surface area contributed by atoms with Gasteiger partial charge in [0.25, 0.3) is 0 Å². The first-order chi connectivity index (χ1) is 9.67. The lowest BCUT2D eigenvalue weighted by molar-refractivity contribution is -0.130. The van der Waals surface area contributed by atoms with Gasteiger partial charge in [0.15, 0.2) is 0 Å². The lowest BCUT2D eigenvalue weighted by Crippen LogP contribution is -2.27. The van der Waals surface area contributed by atoms with E-state index < -0.39 is 0 Å². The summed E-state index contributed by atoms with van der Waals surface area (Å²) < 4.78 is 10.6. The predicted octanol–water partition coefficient (Wildman–Crippen LogP) is 2.23. The summed E-state index contributed by atoms with van der Waals surface area (Å²) >= 11 is 0. The molecule has 0 aliphatic carbocycles. The van der Waals surface area contributed by atoms with Crippen molar-refractivity contribution in [1.29, 1.82) is 5.26 Å². The lowest BCUT2D eigenvalue weighted by atomic mass is 10.3. The number of carbonyl (C=O) groups excluding carboxylic acids is 1. The molecule has 0 N–H and O–H groups in total. The van der Waals surface area contributed by atoms with Crippen molar-refractivity contribution in [2.45, 2.75) is 19.3 Å². The number of nitrogens with zero attached hydrogens (tertiary/aromatic N) is 2. The van der Waals surface area contributed by atoms with Crippen LogP contribution in [0.4, 0.5) is 0 Å².